The molecular weight excluding hydrogens is 278 g/mol. The molecule has 0 bridgehead atoms. The first-order valence-corrected chi connectivity index (χ1v) is 7.89. The molecule has 1 aliphatic heterocycles. The number of anilines is 1. The van der Waals surface area contributed by atoms with Gasteiger partial charge in [-0.3, -0.25) is 4.79 Å². The van der Waals surface area contributed by atoms with Gasteiger partial charge in [-0.1, -0.05) is 13.0 Å². The third-order valence-electron chi connectivity index (χ3n) is 4.31. The number of piperazine rings is 1. The number of likely N-dealkylation sites (N-methyl/N-ethyl adjacent to an activating group) is 1. The van der Waals surface area contributed by atoms with E-state index in [1.807, 2.05) is 32.2 Å². The van der Waals surface area contributed by atoms with Crippen molar-refractivity contribution in [2.45, 2.75) is 26.4 Å². The van der Waals surface area contributed by atoms with Crippen molar-refractivity contribution in [3.63, 3.8) is 0 Å². The van der Waals surface area contributed by atoms with Gasteiger partial charge in [0.2, 0.25) is 5.91 Å². The van der Waals surface area contributed by atoms with Gasteiger partial charge in [0, 0.05) is 50.9 Å². The van der Waals surface area contributed by atoms with E-state index in [2.05, 4.69) is 27.1 Å². The Labute approximate surface area is 132 Å². The summed E-state index contributed by atoms with van der Waals surface area (Å²) in [4.78, 5) is 21.0. The smallest absolute Gasteiger partial charge is 0.224 e. The minimum absolute atomic E-state index is 0.0156. The molecule has 0 aromatic carbocycles. The van der Waals surface area contributed by atoms with Crippen LogP contribution in [0, 0.1) is 5.92 Å². The highest BCUT2D eigenvalue weighted by atomic mass is 16.1. The molecule has 122 valence electrons. The second-order valence-electron chi connectivity index (χ2n) is 6.18. The van der Waals surface area contributed by atoms with Gasteiger partial charge >= 0.3 is 0 Å². The molecule has 1 amide bonds. The quantitative estimate of drug-likeness (QED) is 0.825. The van der Waals surface area contributed by atoms with E-state index in [0.717, 1.165) is 37.6 Å². The summed E-state index contributed by atoms with van der Waals surface area (Å²) in [7, 11) is 2.14. The Balaban J connectivity index is 1.85. The second-order valence-corrected chi connectivity index (χ2v) is 6.18. The Morgan fingerprint density at radius 2 is 2.00 bits per heavy atom. The number of nitrogens with one attached hydrogen (secondary N) is 1. The van der Waals surface area contributed by atoms with E-state index in [1.54, 1.807) is 0 Å². The number of nitrogens with two attached hydrogens (primary N) is 1. The van der Waals surface area contributed by atoms with Crippen LogP contribution in [-0.2, 0) is 11.3 Å². The lowest BCUT2D eigenvalue weighted by Gasteiger charge is -2.33. The largest absolute Gasteiger partial charge is 0.354 e. The molecule has 0 radical (unpaired) electrons. The van der Waals surface area contributed by atoms with Crippen molar-refractivity contribution < 1.29 is 4.79 Å². The summed E-state index contributed by atoms with van der Waals surface area (Å²) in [5, 5.41) is 2.91. The summed E-state index contributed by atoms with van der Waals surface area (Å²) >= 11 is 0. The summed E-state index contributed by atoms with van der Waals surface area (Å²) in [5.74, 6) is 0.808. The zero-order valence-corrected chi connectivity index (χ0v) is 13.7. The van der Waals surface area contributed by atoms with E-state index in [4.69, 9.17) is 5.73 Å². The van der Waals surface area contributed by atoms with Gasteiger partial charge in [0.1, 0.15) is 5.82 Å². The molecule has 1 aliphatic rings. The first-order chi connectivity index (χ1) is 10.5. The van der Waals surface area contributed by atoms with Crippen LogP contribution in [-0.4, -0.2) is 55.1 Å². The van der Waals surface area contributed by atoms with Gasteiger partial charge in [0.05, 0.1) is 0 Å². The van der Waals surface area contributed by atoms with Crippen LogP contribution < -0.4 is 16.0 Å². The third-order valence-corrected chi connectivity index (χ3v) is 4.31. The highest BCUT2D eigenvalue weighted by molar-refractivity contribution is 5.78. The predicted octanol–water partition coefficient (Wildman–Crippen LogP) is 0.433. The number of pyridine rings is 1. The first kappa shape index (κ1) is 16.7. The fourth-order valence-electron chi connectivity index (χ4n) is 2.33. The number of carbonyl (C=O) groups excluding carboxylic acids is 1. The second kappa shape index (κ2) is 7.56. The molecule has 2 heterocycles. The van der Waals surface area contributed by atoms with E-state index in [-0.39, 0.29) is 17.9 Å². The minimum atomic E-state index is -0.183. The Hall–Kier alpha value is -1.66. The van der Waals surface area contributed by atoms with Gasteiger partial charge in [0.25, 0.3) is 0 Å². The maximum absolute atomic E-state index is 11.9. The van der Waals surface area contributed by atoms with Crippen LogP contribution >= 0.6 is 0 Å². The molecule has 22 heavy (non-hydrogen) atoms. The van der Waals surface area contributed by atoms with E-state index in [9.17, 15) is 4.79 Å². The Kier molecular flexibility index (Phi) is 5.74. The lowest BCUT2D eigenvalue weighted by molar-refractivity contribution is -0.125. The number of hydrogen-bond donors (Lipinski definition) is 2. The zero-order chi connectivity index (χ0) is 16.1. The summed E-state index contributed by atoms with van der Waals surface area (Å²) < 4.78 is 0. The van der Waals surface area contributed by atoms with Gasteiger partial charge in [-0.05, 0) is 25.6 Å². The van der Waals surface area contributed by atoms with Crippen molar-refractivity contribution in [1.29, 1.82) is 0 Å². The monoisotopic (exact) mass is 305 g/mol. The molecule has 2 rings (SSSR count). The van der Waals surface area contributed by atoms with Crippen LogP contribution in [0.2, 0.25) is 0 Å². The number of carbonyl (C=O) groups is 1. The number of amides is 1. The van der Waals surface area contributed by atoms with Crippen LogP contribution in [0.1, 0.15) is 19.4 Å². The average molecular weight is 305 g/mol. The Bertz CT molecular complexity index is 480. The van der Waals surface area contributed by atoms with E-state index < -0.39 is 0 Å². The fourth-order valence-corrected chi connectivity index (χ4v) is 2.33. The van der Waals surface area contributed by atoms with Gasteiger partial charge in [-0.15, -0.1) is 0 Å². The zero-order valence-electron chi connectivity index (χ0n) is 13.7. The lowest BCUT2D eigenvalue weighted by Crippen LogP contribution is -2.44. The van der Waals surface area contributed by atoms with Crippen molar-refractivity contribution in [2.24, 2.45) is 11.7 Å². The average Bonchev–Trinajstić information content (AvgIpc) is 2.53. The molecular formula is C16H27N5O. The molecule has 3 N–H and O–H groups in total. The molecule has 1 aromatic heterocycles. The van der Waals surface area contributed by atoms with E-state index in [1.165, 1.54) is 0 Å². The predicted molar refractivity (Wildman–Crippen MR) is 88.6 cm³/mol. The lowest BCUT2D eigenvalue weighted by atomic mass is 10.0. The minimum Gasteiger partial charge on any atom is -0.354 e. The van der Waals surface area contributed by atoms with Crippen LogP contribution in [0.5, 0.6) is 0 Å². The highest BCUT2D eigenvalue weighted by Gasteiger charge is 2.17. The molecule has 1 fully saturated rings. The van der Waals surface area contributed by atoms with Crippen LogP contribution in [0.4, 0.5) is 5.82 Å². The SMILES string of the molecule is CC(N)C(C)C(=O)NCc1ccc(N2CCN(C)CC2)nc1. The van der Waals surface area contributed by atoms with E-state index in [0.29, 0.717) is 6.54 Å². The van der Waals surface area contributed by atoms with Crippen molar-refractivity contribution in [3.8, 4) is 0 Å². The summed E-state index contributed by atoms with van der Waals surface area (Å²) in [5.41, 5.74) is 6.74. The molecule has 6 nitrogen and oxygen atoms in total. The Morgan fingerprint density at radius 1 is 1.32 bits per heavy atom. The van der Waals surface area contributed by atoms with Crippen molar-refractivity contribution in [2.75, 3.05) is 38.1 Å². The molecule has 0 aliphatic carbocycles. The van der Waals surface area contributed by atoms with Crippen molar-refractivity contribution in [3.05, 3.63) is 23.9 Å². The first-order valence-electron chi connectivity index (χ1n) is 7.89. The molecule has 6 heteroatoms. The normalized spacial score (nSPS) is 18.8. The maximum Gasteiger partial charge on any atom is 0.224 e. The highest BCUT2D eigenvalue weighted by Crippen LogP contribution is 2.13. The Morgan fingerprint density at radius 3 is 2.55 bits per heavy atom. The number of aromatic nitrogens is 1. The van der Waals surface area contributed by atoms with Crippen molar-refractivity contribution >= 4 is 11.7 Å². The molecule has 2 atom stereocenters. The summed E-state index contributed by atoms with van der Waals surface area (Å²) in [6.45, 7) is 8.32. The topological polar surface area (TPSA) is 74.5 Å². The fraction of sp³-hybridized carbons (Fsp3) is 0.625. The van der Waals surface area contributed by atoms with Crippen molar-refractivity contribution in [1.82, 2.24) is 15.2 Å². The molecule has 1 aromatic rings. The molecule has 2 unspecified atom stereocenters. The van der Waals surface area contributed by atoms with E-state index >= 15 is 0 Å². The number of hydrogen-bond acceptors (Lipinski definition) is 5. The molecule has 0 saturated carbocycles. The number of rotatable bonds is 5. The summed E-state index contributed by atoms with van der Waals surface area (Å²) in [6, 6.07) is 3.91. The number of nitrogens with zero attached hydrogens (tertiary/aromatic N) is 3. The maximum atomic E-state index is 11.9. The van der Waals surface area contributed by atoms with Crippen LogP contribution in [0.15, 0.2) is 18.3 Å². The van der Waals surface area contributed by atoms with Gasteiger partial charge in [0.15, 0.2) is 0 Å². The van der Waals surface area contributed by atoms with Gasteiger partial charge < -0.3 is 20.9 Å². The summed E-state index contributed by atoms with van der Waals surface area (Å²) in [6.07, 6.45) is 1.84. The molecule has 0 spiro atoms. The molecule has 1 saturated heterocycles. The van der Waals surface area contributed by atoms with Gasteiger partial charge in [-0.25, -0.2) is 4.98 Å². The third kappa shape index (κ3) is 4.42. The van der Waals surface area contributed by atoms with Crippen LogP contribution in [0.3, 0.4) is 0 Å². The standard InChI is InChI=1S/C16H27N5O/c1-12(13(2)17)16(22)19-11-14-4-5-15(18-10-14)21-8-6-20(3)7-9-21/h4-5,10,12-13H,6-9,11,17H2,1-3H3,(H,19,22). The van der Waals surface area contributed by atoms with Gasteiger partial charge in [-0.2, -0.15) is 0 Å². The van der Waals surface area contributed by atoms with Crippen LogP contribution in [0.25, 0.3) is 0 Å².